The average Bonchev–Trinajstić information content (AvgIpc) is 2.46. The van der Waals surface area contributed by atoms with Gasteiger partial charge in [-0.3, -0.25) is 0 Å². The summed E-state index contributed by atoms with van der Waals surface area (Å²) in [4.78, 5) is 0. The van der Waals surface area contributed by atoms with Gasteiger partial charge in [0.15, 0.2) is 0 Å². The number of rotatable bonds is 6. The van der Waals surface area contributed by atoms with Crippen molar-refractivity contribution in [1.82, 2.24) is 9.62 Å². The van der Waals surface area contributed by atoms with Gasteiger partial charge in [0.25, 0.3) is 0 Å². The monoisotopic (exact) mass is 330 g/mol. The highest BCUT2D eigenvalue weighted by Gasteiger charge is 2.21. The van der Waals surface area contributed by atoms with Gasteiger partial charge in [0.05, 0.1) is 5.75 Å². The van der Waals surface area contributed by atoms with E-state index in [4.69, 9.17) is 11.6 Å². The van der Waals surface area contributed by atoms with Gasteiger partial charge in [0.2, 0.25) is 10.0 Å². The maximum absolute atomic E-state index is 12.3. The third-order valence-electron chi connectivity index (χ3n) is 3.91. The highest BCUT2D eigenvalue weighted by Crippen LogP contribution is 2.16. The maximum atomic E-state index is 12.3. The number of sulfonamides is 1. The lowest BCUT2D eigenvalue weighted by Gasteiger charge is -2.24. The van der Waals surface area contributed by atoms with Crippen molar-refractivity contribution >= 4 is 21.6 Å². The van der Waals surface area contributed by atoms with Gasteiger partial charge in [-0.1, -0.05) is 30.2 Å². The van der Waals surface area contributed by atoms with E-state index in [0.717, 1.165) is 18.5 Å². The standard InChI is InChI=1S/C15H23ClN2O2S/c1-18(12-13-5-4-6-14(16)11-13)21(19,20)10-8-15-7-2-3-9-17-15/h4-6,11,15,17H,2-3,7-10,12H2,1H3. The molecule has 1 aliphatic heterocycles. The first-order valence-corrected chi connectivity index (χ1v) is 9.38. The molecule has 0 aromatic heterocycles. The van der Waals surface area contributed by atoms with Gasteiger partial charge in [-0.15, -0.1) is 0 Å². The summed E-state index contributed by atoms with van der Waals surface area (Å²) in [6.07, 6.45) is 4.14. The molecule has 2 rings (SSSR count). The summed E-state index contributed by atoms with van der Waals surface area (Å²) in [6.45, 7) is 1.37. The smallest absolute Gasteiger partial charge is 0.214 e. The molecule has 0 amide bonds. The highest BCUT2D eigenvalue weighted by molar-refractivity contribution is 7.89. The van der Waals surface area contributed by atoms with Crippen LogP contribution in [0.15, 0.2) is 24.3 Å². The predicted molar refractivity (Wildman–Crippen MR) is 87.0 cm³/mol. The van der Waals surface area contributed by atoms with Gasteiger partial charge < -0.3 is 5.32 Å². The Morgan fingerprint density at radius 1 is 1.38 bits per heavy atom. The van der Waals surface area contributed by atoms with Crippen LogP contribution in [0.5, 0.6) is 0 Å². The lowest BCUT2D eigenvalue weighted by Crippen LogP contribution is -2.37. The van der Waals surface area contributed by atoms with Crippen molar-refractivity contribution in [2.75, 3.05) is 19.3 Å². The first kappa shape index (κ1) is 16.7. The van der Waals surface area contributed by atoms with E-state index in [1.165, 1.54) is 17.1 Å². The van der Waals surface area contributed by atoms with Crippen molar-refractivity contribution in [2.24, 2.45) is 0 Å². The van der Waals surface area contributed by atoms with Crippen molar-refractivity contribution in [3.63, 3.8) is 0 Å². The Labute approximate surface area is 132 Å². The Bertz CT molecular complexity index is 557. The molecule has 4 nitrogen and oxygen atoms in total. The van der Waals surface area contributed by atoms with E-state index in [1.807, 2.05) is 12.1 Å². The molecular formula is C15H23ClN2O2S. The van der Waals surface area contributed by atoms with Crippen LogP contribution in [0.3, 0.4) is 0 Å². The first-order chi connectivity index (χ1) is 9.97. The van der Waals surface area contributed by atoms with Gasteiger partial charge in [-0.05, 0) is 43.5 Å². The summed E-state index contributed by atoms with van der Waals surface area (Å²) in [5.74, 6) is 0.196. The van der Waals surface area contributed by atoms with Crippen LogP contribution in [0.1, 0.15) is 31.2 Å². The fourth-order valence-electron chi connectivity index (χ4n) is 2.61. The van der Waals surface area contributed by atoms with E-state index in [2.05, 4.69) is 5.32 Å². The zero-order chi connectivity index (χ0) is 15.3. The van der Waals surface area contributed by atoms with E-state index in [-0.39, 0.29) is 5.75 Å². The molecule has 1 fully saturated rings. The third-order valence-corrected chi connectivity index (χ3v) is 5.97. The van der Waals surface area contributed by atoms with Crippen molar-refractivity contribution < 1.29 is 8.42 Å². The summed E-state index contributed by atoms with van der Waals surface area (Å²) < 4.78 is 26.1. The minimum Gasteiger partial charge on any atom is -0.314 e. The molecule has 0 aliphatic carbocycles. The Morgan fingerprint density at radius 2 is 2.19 bits per heavy atom. The molecule has 0 spiro atoms. The van der Waals surface area contributed by atoms with Crippen molar-refractivity contribution in [3.05, 3.63) is 34.9 Å². The average molecular weight is 331 g/mol. The Morgan fingerprint density at radius 3 is 2.86 bits per heavy atom. The van der Waals surface area contributed by atoms with Crippen molar-refractivity contribution in [1.29, 1.82) is 0 Å². The maximum Gasteiger partial charge on any atom is 0.214 e. The van der Waals surface area contributed by atoms with Crippen LogP contribution < -0.4 is 5.32 Å². The molecule has 1 N–H and O–H groups in total. The molecule has 1 saturated heterocycles. The van der Waals surface area contributed by atoms with E-state index < -0.39 is 10.0 Å². The SMILES string of the molecule is CN(Cc1cccc(Cl)c1)S(=O)(=O)CCC1CCCCN1. The number of hydrogen-bond donors (Lipinski definition) is 1. The Balaban J connectivity index is 1.88. The number of piperidine rings is 1. The number of benzene rings is 1. The van der Waals surface area contributed by atoms with E-state index in [9.17, 15) is 8.42 Å². The fraction of sp³-hybridized carbons (Fsp3) is 0.600. The lowest BCUT2D eigenvalue weighted by atomic mass is 10.0. The molecule has 0 bridgehead atoms. The van der Waals surface area contributed by atoms with E-state index in [0.29, 0.717) is 24.0 Å². The third kappa shape index (κ3) is 5.25. The molecule has 1 aliphatic rings. The normalized spacial score (nSPS) is 19.9. The van der Waals surface area contributed by atoms with E-state index >= 15 is 0 Å². The van der Waals surface area contributed by atoms with Gasteiger partial charge >= 0.3 is 0 Å². The lowest BCUT2D eigenvalue weighted by molar-refractivity contribution is 0.388. The summed E-state index contributed by atoms with van der Waals surface area (Å²) in [7, 11) is -1.59. The number of nitrogens with zero attached hydrogens (tertiary/aromatic N) is 1. The molecule has 118 valence electrons. The molecule has 1 aromatic carbocycles. The zero-order valence-corrected chi connectivity index (χ0v) is 14.0. The van der Waals surface area contributed by atoms with Gasteiger partial charge in [0.1, 0.15) is 0 Å². The number of nitrogens with one attached hydrogen (secondary N) is 1. The molecule has 1 aromatic rings. The van der Waals surface area contributed by atoms with Gasteiger partial charge in [0, 0.05) is 24.7 Å². The molecular weight excluding hydrogens is 308 g/mol. The summed E-state index contributed by atoms with van der Waals surface area (Å²) in [5, 5.41) is 4.02. The van der Waals surface area contributed by atoms with Crippen LogP contribution >= 0.6 is 11.6 Å². The molecule has 1 heterocycles. The molecule has 1 atom stereocenters. The van der Waals surface area contributed by atoms with Crippen molar-refractivity contribution in [2.45, 2.75) is 38.3 Å². The van der Waals surface area contributed by atoms with Crippen LogP contribution in [0, 0.1) is 0 Å². The first-order valence-electron chi connectivity index (χ1n) is 7.39. The molecule has 6 heteroatoms. The number of hydrogen-bond acceptors (Lipinski definition) is 3. The fourth-order valence-corrected chi connectivity index (χ4v) is 4.06. The molecule has 21 heavy (non-hydrogen) atoms. The largest absolute Gasteiger partial charge is 0.314 e. The second-order valence-electron chi connectivity index (χ2n) is 5.64. The van der Waals surface area contributed by atoms with Crippen molar-refractivity contribution in [3.8, 4) is 0 Å². The molecule has 0 saturated carbocycles. The molecule has 1 unspecified atom stereocenters. The Kier molecular flexibility index (Phi) is 6.05. The number of halogens is 1. The van der Waals surface area contributed by atoms with Crippen LogP contribution in [-0.2, 0) is 16.6 Å². The summed E-state index contributed by atoms with van der Waals surface area (Å²) in [6, 6.07) is 7.66. The molecule has 0 radical (unpaired) electrons. The zero-order valence-electron chi connectivity index (χ0n) is 12.4. The van der Waals surface area contributed by atoms with E-state index in [1.54, 1.807) is 19.2 Å². The topological polar surface area (TPSA) is 49.4 Å². The minimum absolute atomic E-state index is 0.196. The van der Waals surface area contributed by atoms with Crippen LogP contribution in [0.25, 0.3) is 0 Å². The van der Waals surface area contributed by atoms with Gasteiger partial charge in [-0.25, -0.2) is 12.7 Å². The van der Waals surface area contributed by atoms with Crippen LogP contribution in [0.2, 0.25) is 5.02 Å². The Hall–Kier alpha value is -0.620. The second kappa shape index (κ2) is 7.58. The quantitative estimate of drug-likeness (QED) is 0.872. The summed E-state index contributed by atoms with van der Waals surface area (Å²) >= 11 is 5.93. The second-order valence-corrected chi connectivity index (χ2v) is 8.27. The van der Waals surface area contributed by atoms with Crippen LogP contribution in [0.4, 0.5) is 0 Å². The van der Waals surface area contributed by atoms with Gasteiger partial charge in [-0.2, -0.15) is 0 Å². The van der Waals surface area contributed by atoms with Crippen LogP contribution in [-0.4, -0.2) is 38.1 Å². The summed E-state index contributed by atoms with van der Waals surface area (Å²) in [5.41, 5.74) is 0.907. The minimum atomic E-state index is -3.22. The predicted octanol–water partition coefficient (Wildman–Crippen LogP) is 2.63. The highest BCUT2D eigenvalue weighted by atomic mass is 35.5.